The van der Waals surface area contributed by atoms with Crippen LogP contribution in [0, 0.1) is 0 Å². The normalized spacial score (nSPS) is 18.4. The summed E-state index contributed by atoms with van der Waals surface area (Å²) in [7, 11) is 0. The Kier molecular flexibility index (Phi) is 6.15. The molecule has 0 radical (unpaired) electrons. The average Bonchev–Trinajstić information content (AvgIpc) is 2.90. The molecule has 1 fully saturated rings. The highest BCUT2D eigenvalue weighted by Gasteiger charge is 2.28. The Morgan fingerprint density at radius 3 is 2.70 bits per heavy atom. The Bertz CT molecular complexity index is 602. The maximum absolute atomic E-state index is 12.0. The summed E-state index contributed by atoms with van der Waals surface area (Å²) in [6.07, 6.45) is 11.4. The Morgan fingerprint density at radius 1 is 1.30 bits per heavy atom. The van der Waals surface area contributed by atoms with Crippen molar-refractivity contribution in [3.8, 4) is 0 Å². The maximum Gasteiger partial charge on any atom is 0.335 e. The zero-order valence-corrected chi connectivity index (χ0v) is 13.4. The number of carboxylic acid groups (broad SMARTS) is 1. The number of rotatable bonds is 7. The fraction of sp³-hybridized carbons (Fsp3) is 0.368. The molecule has 1 heterocycles. The van der Waals surface area contributed by atoms with Crippen molar-refractivity contribution in [3.63, 3.8) is 0 Å². The maximum atomic E-state index is 12.0. The van der Waals surface area contributed by atoms with E-state index in [1.54, 1.807) is 12.1 Å². The van der Waals surface area contributed by atoms with E-state index < -0.39 is 5.97 Å². The van der Waals surface area contributed by atoms with E-state index in [-0.39, 0.29) is 17.5 Å². The minimum atomic E-state index is -0.920. The molecule has 1 atom stereocenters. The molecule has 23 heavy (non-hydrogen) atoms. The molecule has 1 N–H and O–H groups in total. The van der Waals surface area contributed by atoms with Gasteiger partial charge in [0.1, 0.15) is 0 Å². The third-order valence-electron chi connectivity index (χ3n) is 4.03. The second-order valence-electron chi connectivity index (χ2n) is 5.67. The predicted molar refractivity (Wildman–Crippen MR) is 90.4 cm³/mol. The lowest BCUT2D eigenvalue weighted by Crippen LogP contribution is -2.33. The van der Waals surface area contributed by atoms with E-state index in [1.165, 1.54) is 0 Å². The topological polar surface area (TPSA) is 57.6 Å². The van der Waals surface area contributed by atoms with Crippen molar-refractivity contribution in [2.24, 2.45) is 0 Å². The Labute approximate surface area is 137 Å². The average molecular weight is 313 g/mol. The number of carbonyl (C=O) groups is 2. The van der Waals surface area contributed by atoms with Crippen LogP contribution in [0.2, 0.25) is 0 Å². The minimum Gasteiger partial charge on any atom is -0.478 e. The molecular weight excluding hydrogens is 290 g/mol. The molecule has 2 rings (SSSR count). The van der Waals surface area contributed by atoms with Crippen LogP contribution in [-0.4, -0.2) is 34.5 Å². The first kappa shape index (κ1) is 17.0. The summed E-state index contributed by atoms with van der Waals surface area (Å²) in [6.45, 7) is 2.75. The monoisotopic (exact) mass is 313 g/mol. The van der Waals surface area contributed by atoms with Gasteiger partial charge in [-0.1, -0.05) is 43.4 Å². The van der Waals surface area contributed by atoms with Crippen molar-refractivity contribution in [1.29, 1.82) is 0 Å². The predicted octanol–water partition coefficient (Wildman–Crippen LogP) is 3.44. The number of amides is 1. The SMILES string of the molecule is CCC=CC=CC1CCC(=O)N1CCc1ccc(C(=O)O)cc1. The number of carbonyl (C=O) groups excluding carboxylic acids is 1. The Balaban J connectivity index is 1.94. The first-order valence-corrected chi connectivity index (χ1v) is 8.07. The summed E-state index contributed by atoms with van der Waals surface area (Å²) in [6, 6.07) is 7.02. The molecule has 1 aromatic rings. The number of hydrogen-bond acceptors (Lipinski definition) is 2. The summed E-state index contributed by atoms with van der Waals surface area (Å²) in [5, 5.41) is 8.90. The minimum absolute atomic E-state index is 0.169. The highest BCUT2D eigenvalue weighted by atomic mass is 16.4. The van der Waals surface area contributed by atoms with E-state index in [0.717, 1.165) is 24.8 Å². The van der Waals surface area contributed by atoms with Gasteiger partial charge in [0.05, 0.1) is 11.6 Å². The summed E-state index contributed by atoms with van der Waals surface area (Å²) < 4.78 is 0. The summed E-state index contributed by atoms with van der Waals surface area (Å²) >= 11 is 0. The van der Waals surface area contributed by atoms with Crippen LogP contribution in [-0.2, 0) is 11.2 Å². The number of hydrogen-bond donors (Lipinski definition) is 1. The second-order valence-corrected chi connectivity index (χ2v) is 5.67. The van der Waals surface area contributed by atoms with E-state index in [0.29, 0.717) is 13.0 Å². The molecule has 1 aromatic carbocycles. The van der Waals surface area contributed by atoms with E-state index in [4.69, 9.17) is 5.11 Å². The molecule has 0 aliphatic carbocycles. The van der Waals surface area contributed by atoms with Crippen molar-refractivity contribution in [2.75, 3.05) is 6.54 Å². The number of likely N-dealkylation sites (tertiary alicyclic amines) is 1. The molecule has 4 nitrogen and oxygen atoms in total. The van der Waals surface area contributed by atoms with Gasteiger partial charge < -0.3 is 10.0 Å². The second kappa shape index (κ2) is 8.32. The number of allylic oxidation sites excluding steroid dienone is 3. The van der Waals surface area contributed by atoms with Gasteiger partial charge in [-0.3, -0.25) is 4.79 Å². The molecule has 4 heteroatoms. The number of benzene rings is 1. The molecule has 1 amide bonds. The highest BCUT2D eigenvalue weighted by molar-refractivity contribution is 5.87. The molecule has 1 aliphatic heterocycles. The molecular formula is C19H23NO3. The molecule has 0 spiro atoms. The first-order valence-electron chi connectivity index (χ1n) is 8.07. The van der Waals surface area contributed by atoms with Gasteiger partial charge in [0, 0.05) is 13.0 Å². The lowest BCUT2D eigenvalue weighted by Gasteiger charge is -2.22. The van der Waals surface area contributed by atoms with Crippen molar-refractivity contribution in [1.82, 2.24) is 4.90 Å². The Hall–Kier alpha value is -2.36. The van der Waals surface area contributed by atoms with E-state index in [2.05, 4.69) is 19.1 Å². The largest absolute Gasteiger partial charge is 0.478 e. The lowest BCUT2D eigenvalue weighted by molar-refractivity contribution is -0.128. The first-order chi connectivity index (χ1) is 11.1. The van der Waals surface area contributed by atoms with Gasteiger partial charge in [0.2, 0.25) is 5.91 Å². The van der Waals surface area contributed by atoms with Gasteiger partial charge in [-0.2, -0.15) is 0 Å². The van der Waals surface area contributed by atoms with Crippen molar-refractivity contribution < 1.29 is 14.7 Å². The number of nitrogens with zero attached hydrogens (tertiary/aromatic N) is 1. The van der Waals surface area contributed by atoms with Crippen LogP contribution in [0.1, 0.15) is 42.1 Å². The number of aromatic carboxylic acids is 1. The quantitative estimate of drug-likeness (QED) is 0.785. The molecule has 0 saturated carbocycles. The molecule has 1 saturated heterocycles. The van der Waals surface area contributed by atoms with Gasteiger partial charge in [-0.05, 0) is 37.0 Å². The fourth-order valence-corrected chi connectivity index (χ4v) is 2.72. The van der Waals surface area contributed by atoms with Crippen LogP contribution in [0.25, 0.3) is 0 Å². The van der Waals surface area contributed by atoms with Crippen LogP contribution in [0.15, 0.2) is 48.6 Å². The van der Waals surface area contributed by atoms with Crippen LogP contribution in [0.4, 0.5) is 0 Å². The smallest absolute Gasteiger partial charge is 0.335 e. The highest BCUT2D eigenvalue weighted by Crippen LogP contribution is 2.20. The van der Waals surface area contributed by atoms with Gasteiger partial charge >= 0.3 is 5.97 Å². The molecule has 0 aromatic heterocycles. The van der Waals surface area contributed by atoms with Crippen LogP contribution < -0.4 is 0 Å². The van der Waals surface area contributed by atoms with E-state index >= 15 is 0 Å². The van der Waals surface area contributed by atoms with Crippen molar-refractivity contribution >= 4 is 11.9 Å². The third-order valence-corrected chi connectivity index (χ3v) is 4.03. The zero-order chi connectivity index (χ0) is 16.7. The molecule has 122 valence electrons. The third kappa shape index (κ3) is 4.81. The lowest BCUT2D eigenvalue weighted by atomic mass is 10.1. The molecule has 1 aliphatic rings. The van der Waals surface area contributed by atoms with Crippen molar-refractivity contribution in [3.05, 3.63) is 59.7 Å². The summed E-state index contributed by atoms with van der Waals surface area (Å²) in [5.74, 6) is -0.724. The van der Waals surface area contributed by atoms with Crippen LogP contribution >= 0.6 is 0 Å². The Morgan fingerprint density at radius 2 is 2.04 bits per heavy atom. The van der Waals surface area contributed by atoms with Crippen molar-refractivity contribution in [2.45, 2.75) is 38.6 Å². The molecule has 1 unspecified atom stereocenters. The van der Waals surface area contributed by atoms with Gasteiger partial charge in [-0.25, -0.2) is 4.79 Å². The summed E-state index contributed by atoms with van der Waals surface area (Å²) in [5.41, 5.74) is 1.33. The zero-order valence-electron chi connectivity index (χ0n) is 13.4. The fourth-order valence-electron chi connectivity index (χ4n) is 2.72. The number of carboxylic acids is 1. The van der Waals surface area contributed by atoms with E-state index in [1.807, 2.05) is 29.2 Å². The van der Waals surface area contributed by atoms with Crippen LogP contribution in [0.3, 0.4) is 0 Å². The standard InChI is InChI=1S/C19H23NO3/c1-2-3-4-5-6-17-11-12-18(21)20(17)14-13-15-7-9-16(10-8-15)19(22)23/h3-10,17H,2,11-14H2,1H3,(H,22,23). The van der Waals surface area contributed by atoms with Gasteiger partial charge in [-0.15, -0.1) is 0 Å². The van der Waals surface area contributed by atoms with Gasteiger partial charge in [0.25, 0.3) is 0 Å². The molecule has 0 bridgehead atoms. The van der Waals surface area contributed by atoms with E-state index in [9.17, 15) is 9.59 Å². The van der Waals surface area contributed by atoms with Gasteiger partial charge in [0.15, 0.2) is 0 Å². The van der Waals surface area contributed by atoms with Crippen LogP contribution in [0.5, 0.6) is 0 Å². The summed E-state index contributed by atoms with van der Waals surface area (Å²) in [4.78, 5) is 24.8.